The Morgan fingerprint density at radius 1 is 1.16 bits per heavy atom. The number of nitrogens with zero attached hydrogens (tertiary/aromatic N) is 1. The monoisotopic (exact) mass is 289 g/mol. The standard InChI is InChI=1S/C11H19N3O4S/c15-10-7-14(8-11(16)13-10)19(17,18)6-4-9-3-1-2-5-12-9/h9,12H,1-8H2,(H,13,15,16). The van der Waals surface area contributed by atoms with Crippen LogP contribution < -0.4 is 10.6 Å². The summed E-state index contributed by atoms with van der Waals surface area (Å²) in [4.78, 5) is 22.4. The minimum absolute atomic E-state index is 0.0226. The molecule has 7 nitrogen and oxygen atoms in total. The number of hydrogen-bond acceptors (Lipinski definition) is 5. The first-order valence-electron chi connectivity index (χ1n) is 6.51. The second-order valence-electron chi connectivity index (χ2n) is 4.99. The normalized spacial score (nSPS) is 26.2. The molecule has 0 aromatic heterocycles. The van der Waals surface area contributed by atoms with E-state index in [0.717, 1.165) is 30.1 Å². The summed E-state index contributed by atoms with van der Waals surface area (Å²) in [6.45, 7) is 0.410. The topological polar surface area (TPSA) is 95.6 Å². The van der Waals surface area contributed by atoms with Crippen molar-refractivity contribution in [1.29, 1.82) is 0 Å². The van der Waals surface area contributed by atoms with Gasteiger partial charge in [-0.15, -0.1) is 0 Å². The molecule has 2 aliphatic heterocycles. The third kappa shape index (κ3) is 3.99. The van der Waals surface area contributed by atoms with Gasteiger partial charge in [-0.3, -0.25) is 14.9 Å². The molecule has 2 aliphatic rings. The Balaban J connectivity index is 1.90. The van der Waals surface area contributed by atoms with Gasteiger partial charge in [0.15, 0.2) is 0 Å². The molecule has 0 aliphatic carbocycles. The number of imide groups is 1. The molecule has 0 spiro atoms. The molecular weight excluding hydrogens is 270 g/mol. The zero-order valence-corrected chi connectivity index (χ0v) is 11.5. The van der Waals surface area contributed by atoms with Crippen LogP contribution in [0, 0.1) is 0 Å². The van der Waals surface area contributed by atoms with Crippen molar-refractivity contribution >= 4 is 21.8 Å². The summed E-state index contributed by atoms with van der Waals surface area (Å²) >= 11 is 0. The minimum Gasteiger partial charge on any atom is -0.314 e. The Kier molecular flexibility index (Phi) is 4.54. The third-order valence-electron chi connectivity index (χ3n) is 3.45. The molecule has 1 unspecified atom stereocenters. The first-order chi connectivity index (χ1) is 8.97. The van der Waals surface area contributed by atoms with Crippen molar-refractivity contribution in [3.63, 3.8) is 0 Å². The van der Waals surface area contributed by atoms with E-state index >= 15 is 0 Å². The van der Waals surface area contributed by atoms with Crippen LogP contribution in [-0.4, -0.2) is 56.0 Å². The highest BCUT2D eigenvalue weighted by Crippen LogP contribution is 2.13. The third-order valence-corrected chi connectivity index (χ3v) is 5.25. The van der Waals surface area contributed by atoms with E-state index in [1.165, 1.54) is 0 Å². The molecule has 19 heavy (non-hydrogen) atoms. The molecule has 2 heterocycles. The predicted octanol–water partition coefficient (Wildman–Crippen LogP) is -1.19. The fourth-order valence-electron chi connectivity index (χ4n) is 2.40. The van der Waals surface area contributed by atoms with Gasteiger partial charge in [-0.05, 0) is 25.8 Å². The number of carbonyl (C=O) groups is 2. The van der Waals surface area contributed by atoms with Crippen molar-refractivity contribution in [3.05, 3.63) is 0 Å². The van der Waals surface area contributed by atoms with Crippen molar-refractivity contribution in [2.24, 2.45) is 0 Å². The summed E-state index contributed by atoms with van der Waals surface area (Å²) in [5, 5.41) is 5.37. The number of carbonyl (C=O) groups excluding carboxylic acids is 2. The predicted molar refractivity (Wildman–Crippen MR) is 68.8 cm³/mol. The Morgan fingerprint density at radius 2 is 1.84 bits per heavy atom. The number of sulfonamides is 1. The number of hydrogen-bond donors (Lipinski definition) is 2. The molecule has 108 valence electrons. The highest BCUT2D eigenvalue weighted by Gasteiger charge is 2.31. The van der Waals surface area contributed by atoms with E-state index < -0.39 is 21.8 Å². The highest BCUT2D eigenvalue weighted by molar-refractivity contribution is 7.89. The Bertz CT molecular complexity index is 441. The van der Waals surface area contributed by atoms with Gasteiger partial charge in [-0.2, -0.15) is 4.31 Å². The fourth-order valence-corrected chi connectivity index (χ4v) is 3.87. The number of nitrogens with one attached hydrogen (secondary N) is 2. The molecule has 2 amide bonds. The highest BCUT2D eigenvalue weighted by atomic mass is 32.2. The van der Waals surface area contributed by atoms with Gasteiger partial charge in [0.05, 0.1) is 18.8 Å². The molecule has 0 bridgehead atoms. The summed E-state index contributed by atoms with van der Waals surface area (Å²) in [7, 11) is -3.54. The van der Waals surface area contributed by atoms with Crippen molar-refractivity contribution in [3.8, 4) is 0 Å². The van der Waals surface area contributed by atoms with E-state index in [4.69, 9.17) is 0 Å². The van der Waals surface area contributed by atoms with E-state index in [1.54, 1.807) is 0 Å². The summed E-state index contributed by atoms with van der Waals surface area (Å²) in [6, 6.07) is 0.220. The lowest BCUT2D eigenvalue weighted by atomic mass is 10.0. The smallest absolute Gasteiger partial charge is 0.241 e. The number of piperidine rings is 1. The summed E-state index contributed by atoms with van der Waals surface area (Å²) in [5.74, 6) is -1.14. The molecule has 0 aromatic rings. The van der Waals surface area contributed by atoms with Crippen LogP contribution in [-0.2, 0) is 19.6 Å². The largest absolute Gasteiger partial charge is 0.314 e. The van der Waals surface area contributed by atoms with Gasteiger partial charge in [0.1, 0.15) is 0 Å². The maximum atomic E-state index is 12.1. The van der Waals surface area contributed by atoms with Crippen molar-refractivity contribution < 1.29 is 18.0 Å². The molecule has 0 aromatic carbocycles. The number of piperazine rings is 1. The Hall–Kier alpha value is -0.990. The molecule has 1 atom stereocenters. The van der Waals surface area contributed by atoms with Crippen molar-refractivity contribution in [1.82, 2.24) is 14.9 Å². The SMILES string of the molecule is O=C1CN(S(=O)(=O)CCC2CCCCN2)CC(=O)N1. The second-order valence-corrected chi connectivity index (χ2v) is 7.08. The van der Waals surface area contributed by atoms with Gasteiger partial charge in [-0.1, -0.05) is 6.42 Å². The van der Waals surface area contributed by atoms with Gasteiger partial charge in [0, 0.05) is 6.04 Å². The van der Waals surface area contributed by atoms with Crippen LogP contribution in [0.3, 0.4) is 0 Å². The van der Waals surface area contributed by atoms with Crippen molar-refractivity contribution in [2.45, 2.75) is 31.7 Å². The van der Waals surface area contributed by atoms with Crippen molar-refractivity contribution in [2.75, 3.05) is 25.4 Å². The molecule has 2 N–H and O–H groups in total. The van der Waals surface area contributed by atoms with Gasteiger partial charge < -0.3 is 5.32 Å². The van der Waals surface area contributed by atoms with Crippen LogP contribution in [0.25, 0.3) is 0 Å². The average Bonchev–Trinajstić information content (AvgIpc) is 2.37. The average molecular weight is 289 g/mol. The maximum Gasteiger partial charge on any atom is 0.241 e. The molecule has 0 saturated carbocycles. The van der Waals surface area contributed by atoms with Crippen LogP contribution in [0.15, 0.2) is 0 Å². The number of rotatable bonds is 4. The molecule has 2 fully saturated rings. The van der Waals surface area contributed by atoms with E-state index in [2.05, 4.69) is 10.6 Å². The zero-order chi connectivity index (χ0) is 13.9. The molecular formula is C11H19N3O4S. The molecule has 0 radical (unpaired) electrons. The quantitative estimate of drug-likeness (QED) is 0.634. The van der Waals surface area contributed by atoms with E-state index in [0.29, 0.717) is 6.42 Å². The lowest BCUT2D eigenvalue weighted by molar-refractivity contribution is -0.134. The summed E-state index contributed by atoms with van der Waals surface area (Å²) in [6.07, 6.45) is 3.75. The van der Waals surface area contributed by atoms with Gasteiger partial charge in [0.25, 0.3) is 0 Å². The van der Waals surface area contributed by atoms with Gasteiger partial charge in [-0.25, -0.2) is 8.42 Å². The maximum absolute atomic E-state index is 12.1. The van der Waals surface area contributed by atoms with Crippen LogP contribution in [0.2, 0.25) is 0 Å². The summed E-state index contributed by atoms with van der Waals surface area (Å²) in [5.41, 5.74) is 0. The summed E-state index contributed by atoms with van der Waals surface area (Å²) < 4.78 is 25.1. The lowest BCUT2D eigenvalue weighted by Gasteiger charge is -2.27. The van der Waals surface area contributed by atoms with Crippen LogP contribution >= 0.6 is 0 Å². The van der Waals surface area contributed by atoms with Crippen LogP contribution in [0.5, 0.6) is 0 Å². The first kappa shape index (κ1) is 14.4. The fraction of sp³-hybridized carbons (Fsp3) is 0.818. The van der Waals surface area contributed by atoms with Gasteiger partial charge >= 0.3 is 0 Å². The van der Waals surface area contributed by atoms with Crippen LogP contribution in [0.4, 0.5) is 0 Å². The minimum atomic E-state index is -3.54. The van der Waals surface area contributed by atoms with Gasteiger partial charge in [0.2, 0.25) is 21.8 Å². The second kappa shape index (κ2) is 5.98. The Labute approximate surface area is 112 Å². The number of amides is 2. The molecule has 2 rings (SSSR count). The zero-order valence-electron chi connectivity index (χ0n) is 10.7. The lowest BCUT2D eigenvalue weighted by Crippen LogP contribution is -2.54. The molecule has 2 saturated heterocycles. The molecule has 8 heteroatoms. The van der Waals surface area contributed by atoms with Crippen LogP contribution in [0.1, 0.15) is 25.7 Å². The van der Waals surface area contributed by atoms with E-state index in [1.807, 2.05) is 0 Å². The van der Waals surface area contributed by atoms with E-state index in [9.17, 15) is 18.0 Å². The Morgan fingerprint density at radius 3 is 2.42 bits per heavy atom. The van der Waals surface area contributed by atoms with E-state index in [-0.39, 0.29) is 24.9 Å². The first-order valence-corrected chi connectivity index (χ1v) is 8.12.